The molecule has 0 spiro atoms. The molecule has 0 bridgehead atoms. The summed E-state index contributed by atoms with van der Waals surface area (Å²) >= 11 is 0. The molecule has 0 aromatic heterocycles. The molecule has 0 aromatic carbocycles. The van der Waals surface area contributed by atoms with Crippen LogP contribution in [0.3, 0.4) is 0 Å². The molecule has 1 aliphatic rings. The summed E-state index contributed by atoms with van der Waals surface area (Å²) < 4.78 is 0. The van der Waals surface area contributed by atoms with E-state index in [1.54, 1.807) is 0 Å². The Balaban J connectivity index is 0. The van der Waals surface area contributed by atoms with E-state index in [-0.39, 0.29) is 48.0 Å². The van der Waals surface area contributed by atoms with Crippen molar-refractivity contribution in [1.29, 1.82) is 0 Å². The van der Waals surface area contributed by atoms with Crippen LogP contribution in [0, 0.1) is 6.08 Å². The van der Waals surface area contributed by atoms with Gasteiger partial charge in [0.05, 0.1) is 17.3 Å². The first-order valence-electron chi connectivity index (χ1n) is 5.81. The molecule has 0 saturated carbocycles. The van der Waals surface area contributed by atoms with E-state index in [2.05, 4.69) is 6.08 Å². The molecular formula is C13H13NaO8. The Hall–Kier alpha value is -1.77. The molecule has 9 heteroatoms. The van der Waals surface area contributed by atoms with Gasteiger partial charge >= 0.3 is 41.7 Å². The van der Waals surface area contributed by atoms with Crippen LogP contribution in [0.2, 0.25) is 0 Å². The first-order valence-corrected chi connectivity index (χ1v) is 5.81. The van der Waals surface area contributed by atoms with Crippen LogP contribution in [0.5, 0.6) is 0 Å². The maximum absolute atomic E-state index is 11.5. The second-order valence-corrected chi connectivity index (χ2v) is 3.87. The number of hydrogen-bond donors (Lipinski definition) is 3. The summed E-state index contributed by atoms with van der Waals surface area (Å²) in [4.78, 5) is 52.5. The average Bonchev–Trinajstić information content (AvgIpc) is 2.36. The van der Waals surface area contributed by atoms with Crippen LogP contribution in [0.15, 0.2) is 17.7 Å². The number of carbonyl (C=O) groups excluding carboxylic acids is 3. The van der Waals surface area contributed by atoms with E-state index in [1.165, 1.54) is 0 Å². The molecule has 22 heavy (non-hydrogen) atoms. The van der Waals surface area contributed by atoms with Crippen LogP contribution in [-0.2, 0) is 19.2 Å². The van der Waals surface area contributed by atoms with Crippen molar-refractivity contribution in [3.05, 3.63) is 23.8 Å². The van der Waals surface area contributed by atoms with Crippen molar-refractivity contribution in [1.82, 2.24) is 0 Å². The summed E-state index contributed by atoms with van der Waals surface area (Å²) in [5.74, 6) is -2.40. The zero-order chi connectivity index (χ0) is 16.4. The normalized spacial score (nSPS) is 12.5. The molecule has 0 atom stereocenters. The summed E-state index contributed by atoms with van der Waals surface area (Å²) in [6.07, 6.45) is 3.25. The van der Waals surface area contributed by atoms with Gasteiger partial charge in [-0.3, -0.25) is 4.79 Å². The van der Waals surface area contributed by atoms with Gasteiger partial charge in [0, 0.05) is 6.42 Å². The van der Waals surface area contributed by atoms with Crippen LogP contribution in [0.1, 0.15) is 25.7 Å². The van der Waals surface area contributed by atoms with Gasteiger partial charge in [-0.25, -0.2) is 4.79 Å². The minimum atomic E-state index is -1.83. The molecule has 3 N–H and O–H groups in total. The number of hydrogen-bond acceptors (Lipinski definition) is 5. The zero-order valence-corrected chi connectivity index (χ0v) is 13.9. The maximum Gasteiger partial charge on any atom is 1.00 e. The molecule has 114 valence electrons. The van der Waals surface area contributed by atoms with E-state index in [9.17, 15) is 19.2 Å². The summed E-state index contributed by atoms with van der Waals surface area (Å²) in [7, 11) is 0. The third-order valence-corrected chi connectivity index (χ3v) is 2.20. The summed E-state index contributed by atoms with van der Waals surface area (Å²) in [6.45, 7) is 0. The number of rotatable bonds is 6. The molecule has 0 aliphatic heterocycles. The number of ketones is 3. The van der Waals surface area contributed by atoms with Crippen molar-refractivity contribution in [3.63, 3.8) is 0 Å². The largest absolute Gasteiger partial charge is 1.00 e. The minimum absolute atomic E-state index is 0. The Morgan fingerprint density at radius 1 is 0.955 bits per heavy atom. The van der Waals surface area contributed by atoms with E-state index < -0.39 is 29.5 Å². The van der Waals surface area contributed by atoms with Gasteiger partial charge < -0.3 is 29.7 Å². The van der Waals surface area contributed by atoms with Gasteiger partial charge in [-0.05, 0) is 12.8 Å². The fraction of sp³-hybridized carbons (Fsp3) is 0.308. The van der Waals surface area contributed by atoms with Crippen LogP contribution >= 0.6 is 0 Å². The molecule has 0 amide bonds. The number of aliphatic carboxylic acids is 1. The standard InChI is InChI=1S/C12H11O5.CH2O3.Na/c13-8-5-6-11(15)9(7-8)10(14)3-1-2-4-12(16)17;2-1(3)4;/h5-6H,1-4H2,(H,16,17);(H2,2,3,4);/q-1;;+1. The number of unbranched alkanes of at least 4 members (excludes halogenated alkanes) is 1. The summed E-state index contributed by atoms with van der Waals surface area (Å²) in [5.41, 5.74) is -0.229. The van der Waals surface area contributed by atoms with Gasteiger partial charge in [-0.2, -0.15) is 0 Å². The Labute approximate surface area is 147 Å². The number of carboxylic acid groups (broad SMARTS) is 3. The van der Waals surface area contributed by atoms with E-state index in [0.29, 0.717) is 12.8 Å². The van der Waals surface area contributed by atoms with Gasteiger partial charge in [-0.1, -0.05) is 30.2 Å². The van der Waals surface area contributed by atoms with Gasteiger partial charge in [0.2, 0.25) is 0 Å². The molecule has 8 nitrogen and oxygen atoms in total. The van der Waals surface area contributed by atoms with Crippen LogP contribution < -0.4 is 29.6 Å². The second kappa shape index (κ2) is 11.8. The quantitative estimate of drug-likeness (QED) is 0.165. The molecule has 0 fully saturated rings. The summed E-state index contributed by atoms with van der Waals surface area (Å²) in [5, 5.41) is 22.3. The Kier molecular flexibility index (Phi) is 12.1. The fourth-order valence-electron chi connectivity index (χ4n) is 1.36. The van der Waals surface area contributed by atoms with Crippen molar-refractivity contribution in [2.24, 2.45) is 0 Å². The van der Waals surface area contributed by atoms with E-state index in [0.717, 1.165) is 12.2 Å². The Morgan fingerprint density at radius 3 is 1.95 bits per heavy atom. The van der Waals surface area contributed by atoms with Crippen LogP contribution in [0.4, 0.5) is 4.79 Å². The molecule has 0 heterocycles. The minimum Gasteiger partial charge on any atom is -0.481 e. The molecule has 0 saturated heterocycles. The Bertz CT molecular complexity index is 514. The van der Waals surface area contributed by atoms with Gasteiger partial charge in [0.25, 0.3) is 0 Å². The third-order valence-electron chi connectivity index (χ3n) is 2.20. The van der Waals surface area contributed by atoms with Crippen molar-refractivity contribution >= 4 is 29.5 Å². The van der Waals surface area contributed by atoms with Crippen molar-refractivity contribution in [2.75, 3.05) is 0 Å². The second-order valence-electron chi connectivity index (χ2n) is 3.87. The predicted octanol–water partition coefficient (Wildman–Crippen LogP) is -2.14. The number of carbonyl (C=O) groups is 5. The van der Waals surface area contributed by atoms with E-state index in [1.807, 2.05) is 0 Å². The fourth-order valence-corrected chi connectivity index (χ4v) is 1.36. The third kappa shape index (κ3) is 11.0. The molecule has 0 aromatic rings. The molecular weight excluding hydrogens is 307 g/mol. The number of allylic oxidation sites excluding steroid dienone is 4. The predicted molar refractivity (Wildman–Crippen MR) is 67.7 cm³/mol. The van der Waals surface area contributed by atoms with E-state index >= 15 is 0 Å². The smallest absolute Gasteiger partial charge is 0.481 e. The van der Waals surface area contributed by atoms with Crippen molar-refractivity contribution in [3.8, 4) is 0 Å². The maximum atomic E-state index is 11.5. The van der Waals surface area contributed by atoms with Gasteiger partial charge in [0.1, 0.15) is 0 Å². The van der Waals surface area contributed by atoms with Crippen LogP contribution in [0.25, 0.3) is 0 Å². The summed E-state index contributed by atoms with van der Waals surface area (Å²) in [6, 6.07) is 0. The first kappa shape index (κ1) is 22.5. The zero-order valence-electron chi connectivity index (χ0n) is 11.9. The molecule has 0 unspecified atom stereocenters. The molecule has 1 rings (SSSR count). The van der Waals surface area contributed by atoms with Crippen LogP contribution in [-0.4, -0.2) is 44.8 Å². The number of carboxylic acids is 1. The SMILES string of the molecule is O=C(O)O.O=C1[C-]=C(C(=O)CCCCC(=O)O)C(=O)C=C1.[Na+]. The van der Waals surface area contributed by atoms with E-state index in [4.69, 9.17) is 20.1 Å². The Morgan fingerprint density at radius 2 is 1.45 bits per heavy atom. The topological polar surface area (TPSA) is 146 Å². The molecule has 1 aliphatic carbocycles. The first-order chi connectivity index (χ1) is 9.73. The van der Waals surface area contributed by atoms with Gasteiger partial charge in [0.15, 0.2) is 0 Å². The monoisotopic (exact) mass is 320 g/mol. The number of Topliss-reactive ketones (excluding diaryl/α,β-unsaturated/α-hetero) is 1. The van der Waals surface area contributed by atoms with Gasteiger partial charge in [-0.15, -0.1) is 0 Å². The van der Waals surface area contributed by atoms with Crippen molar-refractivity contribution in [2.45, 2.75) is 25.7 Å². The average molecular weight is 320 g/mol. The molecule has 0 radical (unpaired) electrons. The van der Waals surface area contributed by atoms with Crippen molar-refractivity contribution < 1.29 is 68.8 Å².